The third-order valence-electron chi connectivity index (χ3n) is 1.44. The fraction of sp³-hybridized carbons (Fsp3) is 0.750. The summed E-state index contributed by atoms with van der Waals surface area (Å²) in [4.78, 5) is 10.7. The van der Waals surface area contributed by atoms with Crippen molar-refractivity contribution in [3.05, 3.63) is 6.92 Å². The fourth-order valence-corrected chi connectivity index (χ4v) is 0.735. The molecule has 0 heterocycles. The molecule has 0 amide bonds. The number of carbonyl (C=O) groups excluding carboxylic acids is 1. The van der Waals surface area contributed by atoms with Gasteiger partial charge in [0.15, 0.2) is 0 Å². The van der Waals surface area contributed by atoms with Crippen LogP contribution in [0, 0.1) is 12.8 Å². The molecule has 0 rings (SSSR count). The van der Waals surface area contributed by atoms with Crippen LogP contribution in [0.2, 0.25) is 0 Å². The molecule has 0 spiro atoms. The second-order valence-corrected chi connectivity index (χ2v) is 2.36. The Balaban J connectivity index is 3.41. The first kappa shape index (κ1) is 9.47. The zero-order chi connectivity index (χ0) is 7.98. The van der Waals surface area contributed by atoms with E-state index >= 15 is 0 Å². The Labute approximate surface area is 62.6 Å². The molecule has 1 radical (unpaired) electrons. The average molecular weight is 143 g/mol. The molecule has 0 bridgehead atoms. The summed E-state index contributed by atoms with van der Waals surface area (Å²) in [5, 5.41) is 0. The van der Waals surface area contributed by atoms with E-state index in [4.69, 9.17) is 0 Å². The van der Waals surface area contributed by atoms with Crippen molar-refractivity contribution in [1.82, 2.24) is 0 Å². The second kappa shape index (κ2) is 5.27. The van der Waals surface area contributed by atoms with E-state index < -0.39 is 0 Å². The van der Waals surface area contributed by atoms with Gasteiger partial charge in [0.2, 0.25) is 0 Å². The van der Waals surface area contributed by atoms with Gasteiger partial charge in [0.05, 0.1) is 13.0 Å². The zero-order valence-corrected chi connectivity index (χ0v) is 6.72. The minimum absolute atomic E-state index is 0.176. The lowest BCUT2D eigenvalue weighted by Crippen LogP contribution is -2.12. The number of esters is 1. The molecule has 0 aromatic heterocycles. The van der Waals surface area contributed by atoms with Gasteiger partial charge in [0.25, 0.3) is 0 Å². The molecule has 10 heavy (non-hydrogen) atoms. The third-order valence-corrected chi connectivity index (χ3v) is 1.44. The number of hydrogen-bond acceptors (Lipinski definition) is 2. The molecule has 59 valence electrons. The van der Waals surface area contributed by atoms with E-state index in [-0.39, 0.29) is 11.9 Å². The van der Waals surface area contributed by atoms with Gasteiger partial charge >= 0.3 is 5.97 Å². The summed E-state index contributed by atoms with van der Waals surface area (Å²) in [7, 11) is 1.40. The van der Waals surface area contributed by atoms with Crippen molar-refractivity contribution in [3.63, 3.8) is 0 Å². The second-order valence-electron chi connectivity index (χ2n) is 2.36. The molecule has 1 atom stereocenters. The van der Waals surface area contributed by atoms with Crippen molar-refractivity contribution in [3.8, 4) is 0 Å². The maximum Gasteiger partial charge on any atom is 0.308 e. The van der Waals surface area contributed by atoms with Gasteiger partial charge in [0.1, 0.15) is 0 Å². The Morgan fingerprint density at radius 1 is 1.70 bits per heavy atom. The smallest absolute Gasteiger partial charge is 0.308 e. The maximum absolute atomic E-state index is 10.7. The number of hydrogen-bond donors (Lipinski definition) is 0. The molecule has 0 saturated heterocycles. The van der Waals surface area contributed by atoms with Crippen LogP contribution in [-0.2, 0) is 9.53 Å². The van der Waals surface area contributed by atoms with E-state index in [1.54, 1.807) is 0 Å². The van der Waals surface area contributed by atoms with Crippen molar-refractivity contribution in [1.29, 1.82) is 0 Å². The van der Waals surface area contributed by atoms with Gasteiger partial charge in [-0.15, -0.1) is 0 Å². The number of rotatable bonds is 4. The molecule has 0 aromatic carbocycles. The third kappa shape index (κ3) is 3.49. The van der Waals surface area contributed by atoms with Gasteiger partial charge in [-0.1, -0.05) is 19.8 Å². The van der Waals surface area contributed by atoms with Crippen LogP contribution >= 0.6 is 0 Å². The SMILES string of the molecule is [CH2]C(CCCC)C(=O)OC. The van der Waals surface area contributed by atoms with Gasteiger partial charge in [-0.3, -0.25) is 4.79 Å². The molecule has 0 aliphatic heterocycles. The van der Waals surface area contributed by atoms with E-state index in [9.17, 15) is 4.79 Å². The number of unbranched alkanes of at least 4 members (excludes halogenated alkanes) is 1. The Kier molecular flexibility index (Phi) is 4.99. The van der Waals surface area contributed by atoms with E-state index in [0.717, 1.165) is 19.3 Å². The first-order valence-corrected chi connectivity index (χ1v) is 3.63. The normalized spacial score (nSPS) is 12.7. The van der Waals surface area contributed by atoms with Crippen molar-refractivity contribution in [2.24, 2.45) is 5.92 Å². The topological polar surface area (TPSA) is 26.3 Å². The van der Waals surface area contributed by atoms with E-state index in [1.165, 1.54) is 7.11 Å². The molecule has 0 aromatic rings. The fourth-order valence-electron chi connectivity index (χ4n) is 0.735. The van der Waals surface area contributed by atoms with Crippen LogP contribution < -0.4 is 0 Å². The monoisotopic (exact) mass is 143 g/mol. The molecule has 0 aliphatic rings. The molecule has 2 heteroatoms. The van der Waals surface area contributed by atoms with Crippen LogP contribution in [0.5, 0.6) is 0 Å². The van der Waals surface area contributed by atoms with Crippen LogP contribution in [-0.4, -0.2) is 13.1 Å². The van der Waals surface area contributed by atoms with Crippen LogP contribution in [0.3, 0.4) is 0 Å². The van der Waals surface area contributed by atoms with E-state index in [1.807, 2.05) is 0 Å². The van der Waals surface area contributed by atoms with Crippen molar-refractivity contribution in [2.45, 2.75) is 26.2 Å². The molecular formula is C8H15O2. The number of ether oxygens (including phenoxy) is 1. The van der Waals surface area contributed by atoms with Crippen molar-refractivity contribution in [2.75, 3.05) is 7.11 Å². The van der Waals surface area contributed by atoms with Gasteiger partial charge < -0.3 is 4.74 Å². The molecular weight excluding hydrogens is 128 g/mol. The van der Waals surface area contributed by atoms with Crippen LogP contribution in [0.1, 0.15) is 26.2 Å². The summed E-state index contributed by atoms with van der Waals surface area (Å²) in [6, 6.07) is 0. The Hall–Kier alpha value is -0.530. The van der Waals surface area contributed by atoms with E-state index in [2.05, 4.69) is 18.6 Å². The summed E-state index contributed by atoms with van der Waals surface area (Å²) in [6.07, 6.45) is 2.98. The molecule has 1 unspecified atom stereocenters. The zero-order valence-electron chi connectivity index (χ0n) is 6.72. The van der Waals surface area contributed by atoms with Crippen LogP contribution in [0.4, 0.5) is 0 Å². The highest BCUT2D eigenvalue weighted by molar-refractivity contribution is 5.72. The first-order valence-electron chi connectivity index (χ1n) is 3.63. The quantitative estimate of drug-likeness (QED) is 0.561. The van der Waals surface area contributed by atoms with Crippen molar-refractivity contribution >= 4 is 5.97 Å². The lowest BCUT2D eigenvalue weighted by molar-refractivity contribution is -0.144. The van der Waals surface area contributed by atoms with Crippen LogP contribution in [0.25, 0.3) is 0 Å². The molecule has 0 fully saturated rings. The predicted molar refractivity (Wildman–Crippen MR) is 40.4 cm³/mol. The molecule has 0 N–H and O–H groups in total. The lowest BCUT2D eigenvalue weighted by Gasteiger charge is -2.06. The Morgan fingerprint density at radius 2 is 2.30 bits per heavy atom. The standard InChI is InChI=1S/C8H15O2/c1-4-5-6-7(2)8(9)10-3/h7H,2,4-6H2,1,3H3. The summed E-state index contributed by atoms with van der Waals surface area (Å²) in [6.45, 7) is 5.76. The predicted octanol–water partition coefficient (Wildman–Crippen LogP) is 1.80. The highest BCUT2D eigenvalue weighted by Crippen LogP contribution is 2.07. The largest absolute Gasteiger partial charge is 0.469 e. The van der Waals surface area contributed by atoms with Crippen molar-refractivity contribution < 1.29 is 9.53 Å². The highest BCUT2D eigenvalue weighted by Gasteiger charge is 2.11. The molecule has 0 aliphatic carbocycles. The van der Waals surface area contributed by atoms with Gasteiger partial charge in [-0.25, -0.2) is 0 Å². The van der Waals surface area contributed by atoms with Gasteiger partial charge in [0, 0.05) is 0 Å². The highest BCUT2D eigenvalue weighted by atomic mass is 16.5. The first-order chi connectivity index (χ1) is 4.72. The lowest BCUT2D eigenvalue weighted by atomic mass is 10.1. The van der Waals surface area contributed by atoms with E-state index in [0.29, 0.717) is 0 Å². The Bertz CT molecular complexity index is 99.4. The summed E-state index contributed by atoms with van der Waals surface area (Å²) in [5.41, 5.74) is 0. The summed E-state index contributed by atoms with van der Waals surface area (Å²) >= 11 is 0. The maximum atomic E-state index is 10.7. The van der Waals surface area contributed by atoms with Gasteiger partial charge in [-0.2, -0.15) is 0 Å². The number of methoxy groups -OCH3 is 1. The van der Waals surface area contributed by atoms with Crippen LogP contribution in [0.15, 0.2) is 0 Å². The summed E-state index contributed by atoms with van der Waals surface area (Å²) < 4.78 is 4.51. The molecule has 0 saturated carbocycles. The number of carbonyl (C=O) groups is 1. The van der Waals surface area contributed by atoms with Gasteiger partial charge in [-0.05, 0) is 13.3 Å². The minimum Gasteiger partial charge on any atom is -0.469 e. The minimum atomic E-state index is -0.201. The Morgan fingerprint density at radius 3 is 2.70 bits per heavy atom. The average Bonchev–Trinajstić information content (AvgIpc) is 1.98. The summed E-state index contributed by atoms with van der Waals surface area (Å²) in [5.74, 6) is -0.376. The molecule has 2 nitrogen and oxygen atoms in total.